The highest BCUT2D eigenvalue weighted by molar-refractivity contribution is 5.85. The number of benzene rings is 1. The number of nitrogen functional groups attached to an aromatic ring is 2. The fourth-order valence-corrected chi connectivity index (χ4v) is 0.800. The minimum Gasteiger partial charge on any atom is -0.399 e. The molecular weight excluding hydrogens is 216 g/mol. The molecule has 0 saturated carbocycles. The van der Waals surface area contributed by atoms with E-state index in [2.05, 4.69) is 4.74 Å². The molecule has 0 spiro atoms. The lowest BCUT2D eigenvalue weighted by atomic mass is 10.3. The van der Waals surface area contributed by atoms with E-state index in [1.54, 1.807) is 25.1 Å². The van der Waals surface area contributed by atoms with E-state index < -0.39 is 6.29 Å². The summed E-state index contributed by atoms with van der Waals surface area (Å²) in [6, 6.07) is 7.15. The van der Waals surface area contributed by atoms with Gasteiger partial charge in [0.15, 0.2) is 6.29 Å². The van der Waals surface area contributed by atoms with Crippen molar-refractivity contribution < 1.29 is 9.84 Å². The third kappa shape index (κ3) is 11.0. The van der Waals surface area contributed by atoms with Gasteiger partial charge in [-0.05, 0) is 32.0 Å². The minimum atomic E-state index is -0.602. The van der Waals surface area contributed by atoms with Gasteiger partial charge in [-0.2, -0.15) is 0 Å². The number of ether oxygens (including phenoxy) is 1. The molecule has 5 N–H and O–H groups in total. The standard InChI is InChI=1S/C6H8N2.C4H10O2.ClH/c7-5-2-1-3-6(8)4-5;1-3-6-4(2)5;/h1-4H,7-8H2;4-5H,3H2,1-2H3;1H. The lowest BCUT2D eigenvalue weighted by Gasteiger charge is -1.99. The Kier molecular flexibility index (Phi) is 10.5. The van der Waals surface area contributed by atoms with Crippen LogP contribution in [0.3, 0.4) is 0 Å². The highest BCUT2D eigenvalue weighted by atomic mass is 35.5. The third-order valence-electron chi connectivity index (χ3n) is 1.32. The van der Waals surface area contributed by atoms with E-state index in [4.69, 9.17) is 16.6 Å². The highest BCUT2D eigenvalue weighted by Crippen LogP contribution is 2.06. The Hall–Kier alpha value is -0.970. The lowest BCUT2D eigenvalue weighted by molar-refractivity contribution is -0.0800. The van der Waals surface area contributed by atoms with Crippen LogP contribution in [0.4, 0.5) is 11.4 Å². The summed E-state index contributed by atoms with van der Waals surface area (Å²) in [6.45, 7) is 4.01. The zero-order chi connectivity index (χ0) is 11.0. The number of nitrogens with two attached hydrogens (primary N) is 2. The van der Waals surface area contributed by atoms with Gasteiger partial charge < -0.3 is 21.3 Å². The monoisotopic (exact) mass is 234 g/mol. The van der Waals surface area contributed by atoms with Crippen molar-refractivity contribution in [2.75, 3.05) is 18.1 Å². The van der Waals surface area contributed by atoms with Gasteiger partial charge in [0.05, 0.1) is 0 Å². The quantitative estimate of drug-likeness (QED) is 0.537. The van der Waals surface area contributed by atoms with Crippen LogP contribution in [-0.4, -0.2) is 18.0 Å². The smallest absolute Gasteiger partial charge is 0.151 e. The van der Waals surface area contributed by atoms with E-state index in [1.165, 1.54) is 0 Å². The summed E-state index contributed by atoms with van der Waals surface area (Å²) in [5.74, 6) is 0. The molecule has 15 heavy (non-hydrogen) atoms. The van der Waals surface area contributed by atoms with Crippen molar-refractivity contribution in [2.45, 2.75) is 20.1 Å². The molecule has 1 aromatic carbocycles. The Labute approximate surface area is 96.6 Å². The van der Waals surface area contributed by atoms with Gasteiger partial charge in [0.25, 0.3) is 0 Å². The first kappa shape index (κ1) is 16.5. The van der Waals surface area contributed by atoms with Gasteiger partial charge in [-0.1, -0.05) is 6.07 Å². The van der Waals surface area contributed by atoms with Gasteiger partial charge in [0, 0.05) is 18.0 Å². The molecule has 4 nitrogen and oxygen atoms in total. The summed E-state index contributed by atoms with van der Waals surface area (Å²) in [6.07, 6.45) is -0.602. The predicted molar refractivity (Wildman–Crippen MR) is 65.8 cm³/mol. The van der Waals surface area contributed by atoms with E-state index >= 15 is 0 Å². The maximum atomic E-state index is 8.33. The number of aliphatic hydroxyl groups excluding tert-OH is 1. The van der Waals surface area contributed by atoms with Crippen LogP contribution in [0.15, 0.2) is 24.3 Å². The predicted octanol–water partition coefficient (Wildman–Crippen LogP) is 1.63. The average Bonchev–Trinajstić information content (AvgIpc) is 2.03. The van der Waals surface area contributed by atoms with Crippen molar-refractivity contribution in [1.29, 1.82) is 0 Å². The molecule has 1 aromatic rings. The number of halogens is 1. The number of anilines is 2. The van der Waals surface area contributed by atoms with Crippen molar-refractivity contribution in [3.8, 4) is 0 Å². The van der Waals surface area contributed by atoms with Crippen LogP contribution < -0.4 is 11.5 Å². The molecule has 0 aromatic heterocycles. The van der Waals surface area contributed by atoms with Crippen LogP contribution in [0.25, 0.3) is 0 Å². The number of hydrogen-bond donors (Lipinski definition) is 3. The lowest BCUT2D eigenvalue weighted by Crippen LogP contribution is -2.04. The Morgan fingerprint density at radius 2 is 1.80 bits per heavy atom. The summed E-state index contributed by atoms with van der Waals surface area (Å²) in [5, 5.41) is 8.33. The van der Waals surface area contributed by atoms with Crippen LogP contribution in [-0.2, 0) is 4.74 Å². The maximum Gasteiger partial charge on any atom is 0.151 e. The Morgan fingerprint density at radius 1 is 1.33 bits per heavy atom. The van der Waals surface area contributed by atoms with E-state index in [9.17, 15) is 0 Å². The van der Waals surface area contributed by atoms with Gasteiger partial charge in [0.1, 0.15) is 0 Å². The van der Waals surface area contributed by atoms with Crippen molar-refractivity contribution in [2.24, 2.45) is 0 Å². The number of aliphatic hydroxyl groups is 1. The molecule has 1 atom stereocenters. The molecule has 0 fully saturated rings. The summed E-state index contributed by atoms with van der Waals surface area (Å²) >= 11 is 0. The fraction of sp³-hybridized carbons (Fsp3) is 0.400. The van der Waals surface area contributed by atoms with Crippen molar-refractivity contribution in [3.05, 3.63) is 24.3 Å². The second-order valence-electron chi connectivity index (χ2n) is 2.72. The molecule has 0 bridgehead atoms. The topological polar surface area (TPSA) is 81.5 Å². The van der Waals surface area contributed by atoms with Crippen LogP contribution in [0, 0.1) is 0 Å². The first-order valence-electron chi connectivity index (χ1n) is 4.47. The highest BCUT2D eigenvalue weighted by Gasteiger charge is 1.85. The summed E-state index contributed by atoms with van der Waals surface area (Å²) in [4.78, 5) is 0. The Balaban J connectivity index is 0. The number of hydrogen-bond acceptors (Lipinski definition) is 4. The zero-order valence-electron chi connectivity index (χ0n) is 9.01. The summed E-state index contributed by atoms with van der Waals surface area (Å²) in [7, 11) is 0. The van der Waals surface area contributed by atoms with Gasteiger partial charge in [-0.3, -0.25) is 0 Å². The first-order valence-corrected chi connectivity index (χ1v) is 4.47. The normalized spacial score (nSPS) is 10.6. The molecule has 88 valence electrons. The Bertz CT molecular complexity index is 240. The zero-order valence-corrected chi connectivity index (χ0v) is 9.83. The second kappa shape index (κ2) is 9.58. The van der Waals surface area contributed by atoms with Gasteiger partial charge in [-0.25, -0.2) is 0 Å². The van der Waals surface area contributed by atoms with Crippen molar-refractivity contribution >= 4 is 23.8 Å². The molecule has 1 rings (SSSR count). The SMILES string of the molecule is CCOC(C)O.Cl.Nc1cccc(N)c1. The molecule has 0 aliphatic carbocycles. The van der Waals surface area contributed by atoms with Crippen molar-refractivity contribution in [1.82, 2.24) is 0 Å². The molecule has 0 aliphatic heterocycles. The summed E-state index contributed by atoms with van der Waals surface area (Å²) < 4.78 is 4.60. The van der Waals surface area contributed by atoms with Crippen LogP contribution in [0.2, 0.25) is 0 Å². The average molecular weight is 235 g/mol. The molecule has 0 aliphatic rings. The fourth-order valence-electron chi connectivity index (χ4n) is 0.800. The van der Waals surface area contributed by atoms with Crippen LogP contribution >= 0.6 is 12.4 Å². The maximum absolute atomic E-state index is 8.33. The molecule has 5 heteroatoms. The minimum absolute atomic E-state index is 0. The summed E-state index contributed by atoms with van der Waals surface area (Å²) in [5.41, 5.74) is 12.2. The van der Waals surface area contributed by atoms with Crippen LogP contribution in [0.1, 0.15) is 13.8 Å². The number of rotatable bonds is 2. The third-order valence-corrected chi connectivity index (χ3v) is 1.32. The molecule has 0 heterocycles. The van der Waals surface area contributed by atoms with E-state index in [0.717, 1.165) is 0 Å². The van der Waals surface area contributed by atoms with Gasteiger partial charge in [-0.15, -0.1) is 12.4 Å². The molecular formula is C10H19ClN2O2. The van der Waals surface area contributed by atoms with E-state index in [-0.39, 0.29) is 12.4 Å². The van der Waals surface area contributed by atoms with Gasteiger partial charge in [0.2, 0.25) is 0 Å². The Morgan fingerprint density at radius 3 is 1.93 bits per heavy atom. The molecule has 0 saturated heterocycles. The largest absolute Gasteiger partial charge is 0.399 e. The second-order valence-corrected chi connectivity index (χ2v) is 2.72. The first-order chi connectivity index (χ1) is 6.56. The van der Waals surface area contributed by atoms with Crippen molar-refractivity contribution in [3.63, 3.8) is 0 Å². The molecule has 1 unspecified atom stereocenters. The van der Waals surface area contributed by atoms with E-state index in [0.29, 0.717) is 18.0 Å². The molecule has 0 amide bonds. The van der Waals surface area contributed by atoms with E-state index in [1.807, 2.05) is 13.0 Å². The van der Waals surface area contributed by atoms with Crippen LogP contribution in [0.5, 0.6) is 0 Å². The molecule has 0 radical (unpaired) electrons. The van der Waals surface area contributed by atoms with Gasteiger partial charge >= 0.3 is 0 Å².